The van der Waals surface area contributed by atoms with Crippen LogP contribution >= 0.6 is 0 Å². The predicted octanol–water partition coefficient (Wildman–Crippen LogP) is 4.69. The van der Waals surface area contributed by atoms with E-state index in [1.54, 1.807) is 0 Å². The largest absolute Gasteiger partial charge is 0.368 e. The summed E-state index contributed by atoms with van der Waals surface area (Å²) in [5.74, 6) is 0.513. The monoisotopic (exact) mass is 438 g/mol. The van der Waals surface area contributed by atoms with E-state index in [4.69, 9.17) is 23.7 Å². The lowest BCUT2D eigenvalue weighted by Gasteiger charge is -2.30. The molecule has 0 bridgehead atoms. The second kappa shape index (κ2) is 12.1. The molecule has 0 radical (unpaired) electrons. The summed E-state index contributed by atoms with van der Waals surface area (Å²) in [7, 11) is 0. The molecule has 3 saturated heterocycles. The normalized spacial score (nSPS) is 39.7. The number of fused-ring (bicyclic) bond motifs is 1. The lowest BCUT2D eigenvalue weighted by Crippen LogP contribution is -2.31. The Hall–Kier alpha value is -0.500. The average molecular weight is 439 g/mol. The third-order valence-corrected chi connectivity index (χ3v) is 7.24. The van der Waals surface area contributed by atoms with Gasteiger partial charge in [0.05, 0.1) is 18.3 Å². The SMILES string of the molecule is CCCCC[C@@H](/C=C/[C@@H]1[C@H]2CC(O)O[C@H]2C[C@H]1OC1CCCCO1)OC1CCCCO1. The van der Waals surface area contributed by atoms with Crippen molar-refractivity contribution in [2.24, 2.45) is 11.8 Å². The van der Waals surface area contributed by atoms with Crippen molar-refractivity contribution in [1.29, 1.82) is 0 Å². The highest BCUT2D eigenvalue weighted by Gasteiger charge is 2.49. The summed E-state index contributed by atoms with van der Waals surface area (Å²) < 4.78 is 30.3. The van der Waals surface area contributed by atoms with Gasteiger partial charge in [0.1, 0.15) is 0 Å². The van der Waals surface area contributed by atoms with Crippen molar-refractivity contribution in [3.63, 3.8) is 0 Å². The topological polar surface area (TPSA) is 66.4 Å². The zero-order valence-electron chi connectivity index (χ0n) is 19.2. The summed E-state index contributed by atoms with van der Waals surface area (Å²) in [5, 5.41) is 10.0. The van der Waals surface area contributed by atoms with Crippen LogP contribution in [0.1, 0.15) is 84.0 Å². The Balaban J connectivity index is 1.40. The number of aliphatic hydroxyl groups is 1. The molecule has 178 valence electrons. The Labute approximate surface area is 187 Å². The van der Waals surface area contributed by atoms with Gasteiger partial charge in [0.15, 0.2) is 18.9 Å². The van der Waals surface area contributed by atoms with Crippen LogP contribution in [0.15, 0.2) is 12.2 Å². The van der Waals surface area contributed by atoms with Crippen LogP contribution in [0.5, 0.6) is 0 Å². The number of hydrogen-bond donors (Lipinski definition) is 1. The first kappa shape index (κ1) is 23.7. The van der Waals surface area contributed by atoms with Gasteiger partial charge in [-0.25, -0.2) is 0 Å². The number of unbranched alkanes of at least 4 members (excludes halogenated alkanes) is 2. The molecule has 3 unspecified atom stereocenters. The van der Waals surface area contributed by atoms with E-state index >= 15 is 0 Å². The van der Waals surface area contributed by atoms with E-state index in [0.29, 0.717) is 12.3 Å². The Morgan fingerprint density at radius 1 is 1.00 bits per heavy atom. The second-order valence-corrected chi connectivity index (χ2v) is 9.66. The van der Waals surface area contributed by atoms with Gasteiger partial charge in [-0.15, -0.1) is 0 Å². The highest BCUT2D eigenvalue weighted by atomic mass is 16.7. The number of hydrogen-bond acceptors (Lipinski definition) is 6. The van der Waals surface area contributed by atoms with Gasteiger partial charge in [-0.3, -0.25) is 0 Å². The fourth-order valence-corrected chi connectivity index (χ4v) is 5.54. The van der Waals surface area contributed by atoms with Crippen LogP contribution in [-0.4, -0.2) is 55.5 Å². The van der Waals surface area contributed by atoms with E-state index in [1.165, 1.54) is 19.3 Å². The van der Waals surface area contributed by atoms with Gasteiger partial charge in [-0.1, -0.05) is 38.3 Å². The van der Waals surface area contributed by atoms with Gasteiger partial charge in [-0.05, 0) is 50.9 Å². The van der Waals surface area contributed by atoms with E-state index < -0.39 is 6.29 Å². The number of rotatable bonds is 10. The Bertz CT molecular complexity index is 542. The first-order valence-corrected chi connectivity index (χ1v) is 12.8. The van der Waals surface area contributed by atoms with Crippen LogP contribution in [0.2, 0.25) is 0 Å². The summed E-state index contributed by atoms with van der Waals surface area (Å²) in [6.07, 6.45) is 16.5. The molecule has 3 heterocycles. The summed E-state index contributed by atoms with van der Waals surface area (Å²) in [6.45, 7) is 3.82. The summed E-state index contributed by atoms with van der Waals surface area (Å²) in [6, 6.07) is 0. The van der Waals surface area contributed by atoms with E-state index in [1.807, 2.05) is 0 Å². The van der Waals surface area contributed by atoms with Crippen molar-refractivity contribution in [3.05, 3.63) is 12.2 Å². The maximum atomic E-state index is 10.0. The van der Waals surface area contributed by atoms with E-state index in [2.05, 4.69) is 19.1 Å². The molecule has 1 saturated carbocycles. The fourth-order valence-electron chi connectivity index (χ4n) is 5.54. The van der Waals surface area contributed by atoms with Gasteiger partial charge >= 0.3 is 0 Å². The summed E-state index contributed by atoms with van der Waals surface area (Å²) in [4.78, 5) is 0. The maximum absolute atomic E-state index is 10.0. The zero-order chi connectivity index (χ0) is 21.5. The van der Waals surface area contributed by atoms with Gasteiger partial charge in [0.25, 0.3) is 0 Å². The second-order valence-electron chi connectivity index (χ2n) is 9.66. The van der Waals surface area contributed by atoms with Crippen molar-refractivity contribution < 1.29 is 28.8 Å². The van der Waals surface area contributed by atoms with Crippen molar-refractivity contribution in [1.82, 2.24) is 0 Å². The highest BCUT2D eigenvalue weighted by molar-refractivity contribution is 5.07. The van der Waals surface area contributed by atoms with E-state index in [-0.39, 0.29) is 36.8 Å². The predicted molar refractivity (Wildman–Crippen MR) is 117 cm³/mol. The molecule has 0 aromatic rings. The molecule has 0 aromatic heterocycles. The van der Waals surface area contributed by atoms with Crippen molar-refractivity contribution >= 4 is 0 Å². The molecule has 6 nitrogen and oxygen atoms in total. The third kappa shape index (κ3) is 6.75. The molecule has 3 aliphatic heterocycles. The van der Waals surface area contributed by atoms with E-state index in [0.717, 1.165) is 64.6 Å². The number of ether oxygens (including phenoxy) is 5. The van der Waals surface area contributed by atoms with Gasteiger partial charge in [-0.2, -0.15) is 0 Å². The molecular weight excluding hydrogens is 396 g/mol. The summed E-state index contributed by atoms with van der Waals surface area (Å²) in [5.41, 5.74) is 0. The molecule has 0 spiro atoms. The van der Waals surface area contributed by atoms with E-state index in [9.17, 15) is 5.11 Å². The lowest BCUT2D eigenvalue weighted by atomic mass is 9.91. The molecule has 1 N–H and O–H groups in total. The standard InChI is InChI=1S/C25H42O6/c1-2-3-4-9-18(29-24-10-5-7-14-27-24)12-13-19-20-16-23(26)30-22(20)17-21(19)31-25-11-6-8-15-28-25/h12-13,18-26H,2-11,14-17H2,1H3/b13-12+/t18-,19+,20+,21+,22-,23?,24?,25?/m0/s1. The van der Waals surface area contributed by atoms with Crippen LogP contribution in [0.3, 0.4) is 0 Å². The van der Waals surface area contributed by atoms with Crippen LogP contribution in [0.4, 0.5) is 0 Å². The molecular formula is C25H42O6. The first-order valence-electron chi connectivity index (χ1n) is 12.8. The van der Waals surface area contributed by atoms with Gasteiger partial charge < -0.3 is 28.8 Å². The third-order valence-electron chi connectivity index (χ3n) is 7.24. The molecule has 4 fully saturated rings. The maximum Gasteiger partial charge on any atom is 0.158 e. The summed E-state index contributed by atoms with van der Waals surface area (Å²) >= 11 is 0. The minimum absolute atomic E-state index is 0.0625. The Morgan fingerprint density at radius 3 is 2.48 bits per heavy atom. The Morgan fingerprint density at radius 2 is 1.77 bits per heavy atom. The van der Waals surface area contributed by atoms with Crippen molar-refractivity contribution in [2.45, 2.75) is 121 Å². The molecule has 31 heavy (non-hydrogen) atoms. The molecule has 1 aliphatic carbocycles. The van der Waals surface area contributed by atoms with Crippen molar-refractivity contribution in [2.75, 3.05) is 13.2 Å². The molecule has 6 heteroatoms. The molecule has 0 amide bonds. The Kier molecular flexibility index (Phi) is 9.23. The lowest BCUT2D eigenvalue weighted by molar-refractivity contribution is -0.196. The van der Waals surface area contributed by atoms with Crippen molar-refractivity contribution in [3.8, 4) is 0 Å². The smallest absolute Gasteiger partial charge is 0.158 e. The van der Waals surface area contributed by atoms with Crippen LogP contribution in [0, 0.1) is 11.8 Å². The minimum atomic E-state index is -0.648. The first-order chi connectivity index (χ1) is 15.2. The minimum Gasteiger partial charge on any atom is -0.368 e. The highest BCUT2D eigenvalue weighted by Crippen LogP contribution is 2.45. The van der Waals surface area contributed by atoms with Crippen LogP contribution < -0.4 is 0 Å². The molecule has 4 rings (SSSR count). The number of aliphatic hydroxyl groups excluding tert-OH is 1. The van der Waals surface area contributed by atoms with Gasteiger partial charge in [0.2, 0.25) is 0 Å². The van der Waals surface area contributed by atoms with Crippen LogP contribution in [0.25, 0.3) is 0 Å². The van der Waals surface area contributed by atoms with Crippen LogP contribution in [-0.2, 0) is 23.7 Å². The quantitative estimate of drug-likeness (QED) is 0.394. The molecule has 0 aromatic carbocycles. The average Bonchev–Trinajstić information content (AvgIpc) is 3.29. The van der Waals surface area contributed by atoms with Gasteiger partial charge in [0, 0.05) is 32.0 Å². The molecule has 8 atom stereocenters. The fraction of sp³-hybridized carbons (Fsp3) is 0.920. The zero-order valence-corrected chi connectivity index (χ0v) is 19.2. The molecule has 4 aliphatic rings.